The second-order valence-corrected chi connectivity index (χ2v) is 9.58. The number of aromatic nitrogens is 1. The van der Waals surface area contributed by atoms with Crippen LogP contribution in [0.1, 0.15) is 18.1 Å². The Morgan fingerprint density at radius 2 is 2.00 bits per heavy atom. The zero-order valence-electron chi connectivity index (χ0n) is 20.8. The smallest absolute Gasteiger partial charge is 0.318 e. The van der Waals surface area contributed by atoms with Gasteiger partial charge >= 0.3 is 5.97 Å². The molecule has 1 N–H and O–H groups in total. The Morgan fingerprint density at radius 1 is 1.21 bits per heavy atom. The van der Waals surface area contributed by atoms with Gasteiger partial charge in [0.2, 0.25) is 11.6 Å². The molecule has 39 heavy (non-hydrogen) atoms. The molecule has 0 bridgehead atoms. The highest BCUT2D eigenvalue weighted by Crippen LogP contribution is 2.38. The number of likely N-dealkylation sites (N-methyl/N-ethyl adjacent to an activating group) is 1. The summed E-state index contributed by atoms with van der Waals surface area (Å²) in [5.41, 5.74) is 0.426. The number of carbonyl (C=O) groups excluding carboxylic acids is 1. The highest BCUT2D eigenvalue weighted by Gasteiger charge is 2.25. The minimum absolute atomic E-state index is 0.0105. The molecular formula is C26H22F2N4O6S. The summed E-state index contributed by atoms with van der Waals surface area (Å²) in [6, 6.07) is 9.80. The maximum atomic E-state index is 15.4. The summed E-state index contributed by atoms with van der Waals surface area (Å²) in [5, 5.41) is 19.1. The number of nitriles is 1. The largest absolute Gasteiger partial charge is 0.504 e. The van der Waals surface area contributed by atoms with Crippen molar-refractivity contribution in [3.8, 4) is 34.9 Å². The molecule has 0 spiro atoms. The number of benzene rings is 2. The molecule has 2 aromatic carbocycles. The van der Waals surface area contributed by atoms with Gasteiger partial charge in [-0.2, -0.15) is 9.65 Å². The van der Waals surface area contributed by atoms with E-state index in [1.165, 1.54) is 36.4 Å². The maximum Gasteiger partial charge on any atom is 0.318 e. The molecule has 4 rings (SSSR count). The van der Waals surface area contributed by atoms with Gasteiger partial charge in [-0.15, -0.1) is 0 Å². The first-order valence-corrected chi connectivity index (χ1v) is 12.9. The standard InChI is InChI=1S/C26H22F2N4O6S/c1-3-36-22(34)14-39(35)16-5-7-20(17(11-16)25-30-8-9-32(25)2)37-24-18(27)13-31-26(23(24)28)38-21-10-15(12-29)4-6-19(21)33/h4-7,10-11,13,33H,3,8-9,14H2,1-2H3. The summed E-state index contributed by atoms with van der Waals surface area (Å²) in [6.07, 6.45) is 0.681. The topological polar surface area (TPSA) is 134 Å². The fourth-order valence-corrected chi connectivity index (χ4v) is 4.54. The lowest BCUT2D eigenvalue weighted by Gasteiger charge is -2.19. The van der Waals surface area contributed by atoms with Crippen LogP contribution in [0.5, 0.6) is 28.9 Å². The van der Waals surface area contributed by atoms with Crippen LogP contribution in [-0.4, -0.2) is 63.5 Å². The van der Waals surface area contributed by atoms with Crippen LogP contribution in [0.2, 0.25) is 0 Å². The van der Waals surface area contributed by atoms with E-state index in [4.69, 9.17) is 19.5 Å². The summed E-state index contributed by atoms with van der Waals surface area (Å²) >= 11 is 0. The molecule has 0 aliphatic carbocycles. The van der Waals surface area contributed by atoms with Crippen molar-refractivity contribution in [1.82, 2.24) is 9.88 Å². The molecule has 0 saturated heterocycles. The number of rotatable bonds is 9. The number of hydrogen-bond acceptors (Lipinski definition) is 10. The average molecular weight is 557 g/mol. The molecule has 10 nitrogen and oxygen atoms in total. The Morgan fingerprint density at radius 3 is 2.69 bits per heavy atom. The Bertz CT molecular complexity index is 1530. The number of amidine groups is 1. The summed E-state index contributed by atoms with van der Waals surface area (Å²) in [7, 11) is 0.00320. The van der Waals surface area contributed by atoms with Gasteiger partial charge in [0, 0.05) is 24.6 Å². The van der Waals surface area contributed by atoms with Gasteiger partial charge in [0.25, 0.3) is 5.88 Å². The zero-order chi connectivity index (χ0) is 28.1. The van der Waals surface area contributed by atoms with Gasteiger partial charge < -0.3 is 24.2 Å². The molecule has 0 amide bonds. The highest BCUT2D eigenvalue weighted by atomic mass is 32.2. The molecule has 0 saturated carbocycles. The molecular weight excluding hydrogens is 534 g/mol. The van der Waals surface area contributed by atoms with Gasteiger partial charge in [-0.05, 0) is 37.3 Å². The van der Waals surface area contributed by atoms with Crippen LogP contribution < -0.4 is 9.47 Å². The van der Waals surface area contributed by atoms with Crippen molar-refractivity contribution in [2.45, 2.75) is 11.8 Å². The number of phenolic OH excluding ortho intramolecular Hbond substituents is 1. The van der Waals surface area contributed by atoms with E-state index < -0.39 is 45.8 Å². The monoisotopic (exact) mass is 556 g/mol. The molecule has 3 aromatic rings. The van der Waals surface area contributed by atoms with E-state index >= 15 is 4.39 Å². The van der Waals surface area contributed by atoms with Gasteiger partial charge in [0.15, 0.2) is 17.3 Å². The molecule has 1 aliphatic rings. The number of esters is 1. The van der Waals surface area contributed by atoms with Crippen LogP contribution in [-0.2, 0) is 20.3 Å². The minimum Gasteiger partial charge on any atom is -0.504 e. The summed E-state index contributed by atoms with van der Waals surface area (Å²) in [5.74, 6) is -5.24. The molecule has 2 heterocycles. The van der Waals surface area contributed by atoms with Crippen molar-refractivity contribution < 1.29 is 37.1 Å². The minimum atomic E-state index is -1.76. The first-order valence-electron chi connectivity index (χ1n) is 11.6. The lowest BCUT2D eigenvalue weighted by atomic mass is 10.1. The number of hydrogen-bond donors (Lipinski definition) is 1. The molecule has 0 fully saturated rings. The van der Waals surface area contributed by atoms with Crippen LogP contribution in [0.15, 0.2) is 52.5 Å². The van der Waals surface area contributed by atoms with Gasteiger partial charge in [0.05, 0.1) is 47.3 Å². The van der Waals surface area contributed by atoms with E-state index in [-0.39, 0.29) is 34.3 Å². The van der Waals surface area contributed by atoms with Gasteiger partial charge in [-0.3, -0.25) is 14.0 Å². The van der Waals surface area contributed by atoms with Gasteiger partial charge in [0.1, 0.15) is 17.3 Å². The van der Waals surface area contributed by atoms with Crippen LogP contribution in [0, 0.1) is 23.0 Å². The molecule has 1 aromatic heterocycles. The molecule has 1 atom stereocenters. The van der Waals surface area contributed by atoms with Crippen LogP contribution in [0.3, 0.4) is 0 Å². The number of halogens is 2. The quantitative estimate of drug-likeness (QED) is 0.390. The van der Waals surface area contributed by atoms with Crippen molar-refractivity contribution in [2.75, 3.05) is 32.5 Å². The van der Waals surface area contributed by atoms with Crippen LogP contribution in [0.4, 0.5) is 8.78 Å². The third kappa shape index (κ3) is 6.12. The summed E-state index contributed by atoms with van der Waals surface area (Å²) < 4.78 is 58.8. The maximum absolute atomic E-state index is 15.4. The normalized spacial score (nSPS) is 13.4. The van der Waals surface area contributed by atoms with Crippen molar-refractivity contribution in [2.24, 2.45) is 4.99 Å². The van der Waals surface area contributed by atoms with E-state index in [9.17, 15) is 18.5 Å². The average Bonchev–Trinajstić information content (AvgIpc) is 3.34. The molecule has 202 valence electrons. The fourth-order valence-electron chi connectivity index (χ4n) is 3.61. The Hall–Kier alpha value is -4.57. The number of nitrogens with zero attached hydrogens (tertiary/aromatic N) is 4. The van der Waals surface area contributed by atoms with Crippen LogP contribution >= 0.6 is 0 Å². The number of carbonyl (C=O) groups is 1. The number of pyridine rings is 1. The third-order valence-electron chi connectivity index (χ3n) is 5.47. The molecule has 1 aliphatic heterocycles. The Balaban J connectivity index is 1.70. The van der Waals surface area contributed by atoms with Gasteiger partial charge in [-0.1, -0.05) is 0 Å². The lowest BCUT2D eigenvalue weighted by molar-refractivity contribution is -0.139. The van der Waals surface area contributed by atoms with E-state index in [1.54, 1.807) is 18.9 Å². The van der Waals surface area contributed by atoms with E-state index in [0.717, 1.165) is 0 Å². The predicted octanol–water partition coefficient (Wildman–Crippen LogP) is 3.88. The summed E-state index contributed by atoms with van der Waals surface area (Å²) in [6.45, 7) is 2.82. The first kappa shape index (κ1) is 27.5. The predicted molar refractivity (Wildman–Crippen MR) is 136 cm³/mol. The second-order valence-electron chi connectivity index (χ2n) is 8.13. The number of aromatic hydroxyl groups is 1. The van der Waals surface area contributed by atoms with Crippen molar-refractivity contribution in [1.29, 1.82) is 5.26 Å². The Labute approximate surface area is 224 Å². The van der Waals surface area contributed by atoms with E-state index in [0.29, 0.717) is 30.7 Å². The third-order valence-corrected chi connectivity index (χ3v) is 6.75. The highest BCUT2D eigenvalue weighted by molar-refractivity contribution is 7.85. The molecule has 0 radical (unpaired) electrons. The number of aliphatic imine (C=N–C) groups is 1. The fraction of sp³-hybridized carbons (Fsp3) is 0.231. The van der Waals surface area contributed by atoms with E-state index in [2.05, 4.69) is 9.98 Å². The van der Waals surface area contributed by atoms with Crippen molar-refractivity contribution in [3.63, 3.8) is 0 Å². The molecule has 13 heteroatoms. The Kier molecular flexibility index (Phi) is 8.36. The SMILES string of the molecule is CCOC(=O)CS(=O)c1ccc(Oc2c(F)cnc(Oc3cc(C#N)ccc3O)c2F)c(C2=NCCN2C)c1. The number of ether oxygens (including phenoxy) is 3. The zero-order valence-corrected chi connectivity index (χ0v) is 21.6. The van der Waals surface area contributed by atoms with Crippen molar-refractivity contribution in [3.05, 3.63) is 65.4 Å². The van der Waals surface area contributed by atoms with Crippen molar-refractivity contribution >= 4 is 22.6 Å². The lowest BCUT2D eigenvalue weighted by Crippen LogP contribution is -2.24. The second kappa shape index (κ2) is 11.9. The molecule has 1 unspecified atom stereocenters. The van der Waals surface area contributed by atoms with Crippen LogP contribution in [0.25, 0.3) is 0 Å². The first-order chi connectivity index (χ1) is 18.7. The van der Waals surface area contributed by atoms with E-state index in [1.807, 2.05) is 6.07 Å². The van der Waals surface area contributed by atoms with Gasteiger partial charge in [-0.25, -0.2) is 9.37 Å². The summed E-state index contributed by atoms with van der Waals surface area (Å²) in [4.78, 5) is 21.9. The number of phenols is 1.